The van der Waals surface area contributed by atoms with Crippen molar-refractivity contribution >= 4 is 28.5 Å². The molecule has 3 rings (SSSR count). The smallest absolute Gasteiger partial charge is 0.225 e. The molecule has 0 fully saturated rings. The lowest BCUT2D eigenvalue weighted by atomic mass is 10.1. The summed E-state index contributed by atoms with van der Waals surface area (Å²) in [5, 5.41) is 3.39. The van der Waals surface area contributed by atoms with Gasteiger partial charge in [0, 0.05) is 11.6 Å². The van der Waals surface area contributed by atoms with Crippen LogP contribution in [0.15, 0.2) is 36.4 Å². The van der Waals surface area contributed by atoms with E-state index in [1.807, 2.05) is 26.0 Å². The van der Waals surface area contributed by atoms with Gasteiger partial charge in [-0.2, -0.15) is 4.98 Å². The summed E-state index contributed by atoms with van der Waals surface area (Å²) >= 11 is 5.95. The van der Waals surface area contributed by atoms with Crippen molar-refractivity contribution < 1.29 is 4.39 Å². The molecule has 0 aliphatic carbocycles. The lowest BCUT2D eigenvalue weighted by Gasteiger charge is -2.12. The van der Waals surface area contributed by atoms with Gasteiger partial charge in [0.15, 0.2) is 5.82 Å². The van der Waals surface area contributed by atoms with Crippen molar-refractivity contribution in [3.05, 3.63) is 47.5 Å². The van der Waals surface area contributed by atoms with Crippen LogP contribution in [0, 0.1) is 5.82 Å². The summed E-state index contributed by atoms with van der Waals surface area (Å²) in [5.74, 6) is 0.316. The van der Waals surface area contributed by atoms with Gasteiger partial charge in [-0.05, 0) is 61.8 Å². The van der Waals surface area contributed by atoms with Crippen LogP contribution in [0.1, 0.15) is 13.8 Å². The molecule has 1 aromatic carbocycles. The second kappa shape index (κ2) is 5.85. The van der Waals surface area contributed by atoms with E-state index in [-0.39, 0.29) is 17.1 Å². The third-order valence-corrected chi connectivity index (χ3v) is 3.25. The normalized spacial score (nSPS) is 11.1. The highest BCUT2D eigenvalue weighted by atomic mass is 35.5. The first-order valence-electron chi connectivity index (χ1n) is 6.90. The van der Waals surface area contributed by atoms with Gasteiger partial charge in [-0.1, -0.05) is 0 Å². The third-order valence-electron chi connectivity index (χ3n) is 3.08. The maximum atomic E-state index is 13.0. The van der Waals surface area contributed by atoms with E-state index in [1.165, 1.54) is 12.1 Å². The predicted molar refractivity (Wildman–Crippen MR) is 86.5 cm³/mol. The summed E-state index contributed by atoms with van der Waals surface area (Å²) in [6, 6.07) is 10.1. The van der Waals surface area contributed by atoms with E-state index in [2.05, 4.69) is 20.3 Å². The van der Waals surface area contributed by atoms with Crippen LogP contribution < -0.4 is 5.32 Å². The number of pyridine rings is 1. The first-order chi connectivity index (χ1) is 10.5. The molecule has 0 aliphatic rings. The Morgan fingerprint density at radius 3 is 2.41 bits per heavy atom. The molecule has 3 aromatic rings. The van der Waals surface area contributed by atoms with Gasteiger partial charge in [-0.15, -0.1) is 0 Å². The number of hydrogen-bond acceptors (Lipinski definition) is 4. The van der Waals surface area contributed by atoms with E-state index < -0.39 is 0 Å². The number of nitrogens with zero attached hydrogens (tertiary/aromatic N) is 3. The molecule has 2 aromatic heterocycles. The molecular formula is C16H14ClFN4. The number of rotatable bonds is 3. The Morgan fingerprint density at radius 1 is 1.00 bits per heavy atom. The van der Waals surface area contributed by atoms with Gasteiger partial charge in [0.25, 0.3) is 0 Å². The summed E-state index contributed by atoms with van der Waals surface area (Å²) in [7, 11) is 0. The molecule has 0 radical (unpaired) electrons. The number of fused-ring (bicyclic) bond motifs is 1. The first kappa shape index (κ1) is 14.7. The maximum absolute atomic E-state index is 13.0. The van der Waals surface area contributed by atoms with Gasteiger partial charge in [0.05, 0.1) is 11.2 Å². The Balaban J connectivity index is 2.15. The SMILES string of the molecule is CC(C)Nc1nc(Cl)nc2ccc(-c3ccc(F)cc3)nc12. The molecule has 0 atom stereocenters. The quantitative estimate of drug-likeness (QED) is 0.732. The first-order valence-corrected chi connectivity index (χ1v) is 7.27. The van der Waals surface area contributed by atoms with Gasteiger partial charge in [-0.25, -0.2) is 14.4 Å². The van der Waals surface area contributed by atoms with Crippen molar-refractivity contribution in [2.75, 3.05) is 5.32 Å². The molecule has 0 saturated heterocycles. The van der Waals surface area contributed by atoms with E-state index in [1.54, 1.807) is 12.1 Å². The number of nitrogens with one attached hydrogen (secondary N) is 1. The minimum Gasteiger partial charge on any atom is -0.366 e. The highest BCUT2D eigenvalue weighted by molar-refractivity contribution is 6.28. The molecule has 1 N–H and O–H groups in total. The fraction of sp³-hybridized carbons (Fsp3) is 0.188. The average molecular weight is 317 g/mol. The molecule has 0 amide bonds. The largest absolute Gasteiger partial charge is 0.366 e. The van der Waals surface area contributed by atoms with Crippen LogP contribution in [-0.4, -0.2) is 21.0 Å². The molecule has 22 heavy (non-hydrogen) atoms. The Bertz CT molecular complexity index is 818. The summed E-state index contributed by atoms with van der Waals surface area (Å²) in [6.07, 6.45) is 0. The van der Waals surface area contributed by atoms with Crippen LogP contribution in [-0.2, 0) is 0 Å². The summed E-state index contributed by atoms with van der Waals surface area (Å²) in [5.41, 5.74) is 2.85. The second-order valence-electron chi connectivity index (χ2n) is 5.21. The van der Waals surface area contributed by atoms with E-state index in [0.717, 1.165) is 11.3 Å². The zero-order valence-electron chi connectivity index (χ0n) is 12.1. The molecule has 112 valence electrons. The molecular weight excluding hydrogens is 303 g/mol. The van der Waals surface area contributed by atoms with Crippen LogP contribution in [0.25, 0.3) is 22.3 Å². The Morgan fingerprint density at radius 2 is 1.73 bits per heavy atom. The minimum atomic E-state index is -0.276. The van der Waals surface area contributed by atoms with Crippen molar-refractivity contribution in [2.45, 2.75) is 19.9 Å². The average Bonchev–Trinajstić information content (AvgIpc) is 2.47. The summed E-state index contributed by atoms with van der Waals surface area (Å²) in [4.78, 5) is 13.0. The molecule has 2 heterocycles. The van der Waals surface area contributed by atoms with Gasteiger partial charge in [0.2, 0.25) is 5.28 Å². The zero-order valence-corrected chi connectivity index (χ0v) is 12.9. The molecule has 4 nitrogen and oxygen atoms in total. The number of anilines is 1. The maximum Gasteiger partial charge on any atom is 0.225 e. The standard InChI is InChI=1S/C16H14ClFN4/c1-9(2)19-15-14-13(21-16(17)22-15)8-7-12(20-14)10-3-5-11(18)6-4-10/h3-9H,1-2H3,(H,19,21,22). The third kappa shape index (κ3) is 2.99. The number of benzene rings is 1. The summed E-state index contributed by atoms with van der Waals surface area (Å²) < 4.78 is 13.0. The fourth-order valence-electron chi connectivity index (χ4n) is 2.14. The van der Waals surface area contributed by atoms with E-state index in [0.29, 0.717) is 16.9 Å². The summed E-state index contributed by atoms with van der Waals surface area (Å²) in [6.45, 7) is 4.01. The lowest BCUT2D eigenvalue weighted by molar-refractivity contribution is 0.628. The van der Waals surface area contributed by atoms with Crippen molar-refractivity contribution in [1.29, 1.82) is 0 Å². The fourth-order valence-corrected chi connectivity index (χ4v) is 2.32. The molecule has 0 spiro atoms. The van der Waals surface area contributed by atoms with Crippen molar-refractivity contribution in [3.63, 3.8) is 0 Å². The monoisotopic (exact) mass is 316 g/mol. The van der Waals surface area contributed by atoms with Crippen LogP contribution >= 0.6 is 11.6 Å². The van der Waals surface area contributed by atoms with Crippen LogP contribution in [0.2, 0.25) is 5.28 Å². The number of aromatic nitrogens is 3. The van der Waals surface area contributed by atoms with Gasteiger partial charge < -0.3 is 5.32 Å². The topological polar surface area (TPSA) is 50.7 Å². The Kier molecular flexibility index (Phi) is 3.90. The second-order valence-corrected chi connectivity index (χ2v) is 5.55. The van der Waals surface area contributed by atoms with Gasteiger partial charge in [-0.3, -0.25) is 0 Å². The van der Waals surface area contributed by atoms with E-state index >= 15 is 0 Å². The Labute approximate surface area is 132 Å². The number of halogens is 2. The van der Waals surface area contributed by atoms with Gasteiger partial charge >= 0.3 is 0 Å². The highest BCUT2D eigenvalue weighted by Crippen LogP contribution is 2.25. The minimum absolute atomic E-state index is 0.173. The van der Waals surface area contributed by atoms with Crippen LogP contribution in [0.4, 0.5) is 10.2 Å². The number of hydrogen-bond donors (Lipinski definition) is 1. The lowest BCUT2D eigenvalue weighted by Crippen LogP contribution is -2.12. The zero-order chi connectivity index (χ0) is 15.7. The van der Waals surface area contributed by atoms with Crippen LogP contribution in [0.5, 0.6) is 0 Å². The molecule has 0 bridgehead atoms. The molecule has 0 aliphatic heterocycles. The highest BCUT2D eigenvalue weighted by Gasteiger charge is 2.11. The molecule has 6 heteroatoms. The van der Waals surface area contributed by atoms with Gasteiger partial charge in [0.1, 0.15) is 11.3 Å². The van der Waals surface area contributed by atoms with Crippen molar-refractivity contribution in [3.8, 4) is 11.3 Å². The molecule has 0 saturated carbocycles. The molecule has 0 unspecified atom stereocenters. The van der Waals surface area contributed by atoms with Crippen LogP contribution in [0.3, 0.4) is 0 Å². The Hall–Kier alpha value is -2.27. The predicted octanol–water partition coefficient (Wildman–Crippen LogP) is 4.30. The van der Waals surface area contributed by atoms with E-state index in [4.69, 9.17) is 11.6 Å². The van der Waals surface area contributed by atoms with E-state index in [9.17, 15) is 4.39 Å². The van der Waals surface area contributed by atoms with Crippen molar-refractivity contribution in [2.24, 2.45) is 0 Å². The van der Waals surface area contributed by atoms with Crippen molar-refractivity contribution in [1.82, 2.24) is 15.0 Å².